The van der Waals surface area contributed by atoms with Gasteiger partial charge in [-0.1, -0.05) is 18.2 Å². The molecule has 2 rings (SSSR count). The van der Waals surface area contributed by atoms with Crippen LogP contribution in [0.2, 0.25) is 0 Å². The molecule has 4 amide bonds. The van der Waals surface area contributed by atoms with Gasteiger partial charge in [-0.2, -0.15) is 0 Å². The highest BCUT2D eigenvalue weighted by molar-refractivity contribution is 6.10. The van der Waals surface area contributed by atoms with Gasteiger partial charge in [0.25, 0.3) is 5.91 Å². The number of benzene rings is 2. The Hall–Kier alpha value is -3.35. The predicted octanol–water partition coefficient (Wildman–Crippen LogP) is 2.19. The van der Waals surface area contributed by atoms with Crippen LogP contribution in [-0.2, 0) is 4.79 Å². The first kappa shape index (κ1) is 16.0. The van der Waals surface area contributed by atoms with Crippen LogP contribution in [0.4, 0.5) is 21.9 Å². The normalized spacial score (nSPS) is 9.78. The molecule has 0 bridgehead atoms. The molecule has 0 saturated heterocycles. The van der Waals surface area contributed by atoms with E-state index in [0.29, 0.717) is 11.4 Å². The van der Waals surface area contributed by atoms with Crippen molar-refractivity contribution in [2.75, 3.05) is 16.4 Å². The number of hydrogen-bond donors (Lipinski definition) is 4. The first-order valence-corrected chi connectivity index (χ1v) is 6.80. The second-order valence-electron chi connectivity index (χ2n) is 4.76. The topological polar surface area (TPSA) is 113 Å². The van der Waals surface area contributed by atoms with Crippen LogP contribution >= 0.6 is 0 Å². The highest BCUT2D eigenvalue weighted by Crippen LogP contribution is 2.15. The number of imide groups is 1. The first-order valence-electron chi connectivity index (χ1n) is 6.80. The second-order valence-corrected chi connectivity index (χ2v) is 4.76. The maximum absolute atomic E-state index is 12.0. The highest BCUT2D eigenvalue weighted by atomic mass is 16.2. The summed E-state index contributed by atoms with van der Waals surface area (Å²) in [5.41, 5.74) is 7.15. The Morgan fingerprint density at radius 2 is 1.57 bits per heavy atom. The molecule has 0 aliphatic heterocycles. The third-order valence-electron chi connectivity index (χ3n) is 2.87. The minimum atomic E-state index is -0.696. The lowest BCUT2D eigenvalue weighted by Crippen LogP contribution is -2.34. The van der Waals surface area contributed by atoms with Gasteiger partial charge in [0, 0.05) is 24.0 Å². The van der Waals surface area contributed by atoms with Gasteiger partial charge in [0.15, 0.2) is 0 Å². The maximum Gasteiger partial charge on any atom is 0.326 e. The maximum atomic E-state index is 12.0. The molecule has 0 fully saturated rings. The molecule has 118 valence electrons. The van der Waals surface area contributed by atoms with Gasteiger partial charge in [0.2, 0.25) is 5.91 Å². The van der Waals surface area contributed by atoms with Crippen molar-refractivity contribution in [2.45, 2.75) is 6.92 Å². The average molecular weight is 312 g/mol. The summed E-state index contributed by atoms with van der Waals surface area (Å²) in [6.07, 6.45) is 0. The van der Waals surface area contributed by atoms with Crippen molar-refractivity contribution < 1.29 is 14.4 Å². The molecule has 5 N–H and O–H groups in total. The number of carbonyl (C=O) groups excluding carboxylic acids is 3. The molecule has 0 aromatic heterocycles. The van der Waals surface area contributed by atoms with Crippen molar-refractivity contribution in [3.8, 4) is 0 Å². The van der Waals surface area contributed by atoms with E-state index >= 15 is 0 Å². The number of anilines is 3. The summed E-state index contributed by atoms with van der Waals surface area (Å²) in [6.45, 7) is 1.38. The van der Waals surface area contributed by atoms with Crippen LogP contribution < -0.4 is 21.7 Å². The predicted molar refractivity (Wildman–Crippen MR) is 88.1 cm³/mol. The fraction of sp³-hybridized carbons (Fsp3) is 0.0625. The van der Waals surface area contributed by atoms with Crippen LogP contribution in [-0.4, -0.2) is 17.8 Å². The zero-order valence-electron chi connectivity index (χ0n) is 12.4. The Kier molecular flexibility index (Phi) is 4.93. The summed E-state index contributed by atoms with van der Waals surface area (Å²) in [6, 6.07) is 12.3. The number of urea groups is 1. The Bertz CT molecular complexity index is 758. The molecule has 2 aromatic rings. The van der Waals surface area contributed by atoms with Crippen molar-refractivity contribution >= 4 is 34.9 Å². The summed E-state index contributed by atoms with van der Waals surface area (Å²) >= 11 is 0. The molecule has 0 atom stereocenters. The number of nitrogen functional groups attached to an aromatic ring is 1. The van der Waals surface area contributed by atoms with Gasteiger partial charge in [-0.3, -0.25) is 14.9 Å². The van der Waals surface area contributed by atoms with E-state index in [0.717, 1.165) is 0 Å². The Morgan fingerprint density at radius 1 is 0.913 bits per heavy atom. The van der Waals surface area contributed by atoms with Crippen LogP contribution in [0.25, 0.3) is 0 Å². The molecule has 0 saturated carbocycles. The van der Waals surface area contributed by atoms with Gasteiger partial charge in [-0.25, -0.2) is 4.79 Å². The summed E-state index contributed by atoms with van der Waals surface area (Å²) < 4.78 is 0. The van der Waals surface area contributed by atoms with E-state index in [4.69, 9.17) is 5.73 Å². The summed E-state index contributed by atoms with van der Waals surface area (Å²) in [4.78, 5) is 34.9. The van der Waals surface area contributed by atoms with Crippen molar-refractivity contribution in [1.29, 1.82) is 0 Å². The Balaban J connectivity index is 2.01. The third kappa shape index (κ3) is 4.57. The first-order chi connectivity index (χ1) is 11.0. The van der Waals surface area contributed by atoms with Gasteiger partial charge in [-0.15, -0.1) is 0 Å². The monoisotopic (exact) mass is 312 g/mol. The lowest BCUT2D eigenvalue weighted by atomic mass is 10.2. The average Bonchev–Trinajstić information content (AvgIpc) is 2.47. The van der Waals surface area contributed by atoms with Crippen LogP contribution in [0, 0.1) is 0 Å². The molecular weight excluding hydrogens is 296 g/mol. The van der Waals surface area contributed by atoms with E-state index in [2.05, 4.69) is 16.0 Å². The Labute approximate surface area is 132 Å². The zero-order chi connectivity index (χ0) is 16.8. The van der Waals surface area contributed by atoms with Crippen molar-refractivity contribution in [1.82, 2.24) is 5.32 Å². The standard InChI is InChI=1S/C16H16N4O3/c1-10(21)18-11-5-4-6-12(9-11)19-16(23)20-15(22)13-7-2-3-8-14(13)17/h2-9H,17H2,1H3,(H,18,21)(H2,19,20,22,23). The second kappa shape index (κ2) is 7.08. The van der Waals surface area contributed by atoms with Crippen LogP contribution in [0.1, 0.15) is 17.3 Å². The van der Waals surface area contributed by atoms with Gasteiger partial charge in [0.1, 0.15) is 0 Å². The third-order valence-corrected chi connectivity index (χ3v) is 2.87. The molecule has 7 heteroatoms. The smallest absolute Gasteiger partial charge is 0.326 e. The fourth-order valence-corrected chi connectivity index (χ4v) is 1.91. The molecule has 2 aromatic carbocycles. The number of hydrogen-bond acceptors (Lipinski definition) is 4. The lowest BCUT2D eigenvalue weighted by Gasteiger charge is -2.09. The van der Waals surface area contributed by atoms with Crippen LogP contribution in [0.3, 0.4) is 0 Å². The van der Waals surface area contributed by atoms with Crippen molar-refractivity contribution in [3.05, 3.63) is 54.1 Å². The number of rotatable bonds is 3. The molecular formula is C16H16N4O3. The largest absolute Gasteiger partial charge is 0.398 e. The van der Waals surface area contributed by atoms with Gasteiger partial charge in [-0.05, 0) is 30.3 Å². The minimum absolute atomic E-state index is 0.217. The molecule has 0 aliphatic carbocycles. The quantitative estimate of drug-likeness (QED) is 0.650. The molecule has 23 heavy (non-hydrogen) atoms. The number of nitrogens with two attached hydrogens (primary N) is 1. The molecule has 7 nitrogen and oxygen atoms in total. The fourth-order valence-electron chi connectivity index (χ4n) is 1.91. The SMILES string of the molecule is CC(=O)Nc1cccc(NC(=O)NC(=O)c2ccccc2N)c1. The molecule has 0 heterocycles. The number of nitrogens with one attached hydrogen (secondary N) is 3. The van der Waals surface area contributed by atoms with Crippen LogP contribution in [0.15, 0.2) is 48.5 Å². The lowest BCUT2D eigenvalue weighted by molar-refractivity contribution is -0.114. The molecule has 0 spiro atoms. The number of amides is 4. The van der Waals surface area contributed by atoms with Crippen molar-refractivity contribution in [3.63, 3.8) is 0 Å². The van der Waals surface area contributed by atoms with E-state index in [1.807, 2.05) is 0 Å². The molecule has 0 radical (unpaired) electrons. The molecule has 0 unspecified atom stereocenters. The van der Waals surface area contributed by atoms with Gasteiger partial charge >= 0.3 is 6.03 Å². The van der Waals surface area contributed by atoms with Crippen LogP contribution in [0.5, 0.6) is 0 Å². The zero-order valence-corrected chi connectivity index (χ0v) is 12.4. The van der Waals surface area contributed by atoms with E-state index in [1.54, 1.807) is 42.5 Å². The number of para-hydroxylation sites is 1. The van der Waals surface area contributed by atoms with E-state index in [-0.39, 0.29) is 17.2 Å². The van der Waals surface area contributed by atoms with E-state index < -0.39 is 11.9 Å². The van der Waals surface area contributed by atoms with Gasteiger partial charge < -0.3 is 16.4 Å². The minimum Gasteiger partial charge on any atom is -0.398 e. The van der Waals surface area contributed by atoms with E-state index in [1.165, 1.54) is 13.0 Å². The number of carbonyl (C=O) groups is 3. The summed E-state index contributed by atoms with van der Waals surface area (Å²) in [7, 11) is 0. The summed E-state index contributed by atoms with van der Waals surface area (Å²) in [5.74, 6) is -0.819. The highest BCUT2D eigenvalue weighted by Gasteiger charge is 2.12. The van der Waals surface area contributed by atoms with Gasteiger partial charge in [0.05, 0.1) is 5.56 Å². The van der Waals surface area contributed by atoms with E-state index in [9.17, 15) is 14.4 Å². The molecule has 0 aliphatic rings. The van der Waals surface area contributed by atoms with Crippen molar-refractivity contribution in [2.24, 2.45) is 0 Å². The Morgan fingerprint density at radius 3 is 2.22 bits per heavy atom. The summed E-state index contributed by atoms with van der Waals surface area (Å²) in [5, 5.41) is 7.30.